The third-order valence-electron chi connectivity index (χ3n) is 4.92. The predicted molar refractivity (Wildman–Crippen MR) is 95.9 cm³/mol. The van der Waals surface area contributed by atoms with Crippen molar-refractivity contribution in [2.24, 2.45) is 0 Å². The Hall–Kier alpha value is -2.66. The first-order chi connectivity index (χ1) is 12.1. The van der Waals surface area contributed by atoms with Crippen LogP contribution in [0.4, 0.5) is 0 Å². The molecule has 0 bridgehead atoms. The van der Waals surface area contributed by atoms with Gasteiger partial charge in [-0.3, -0.25) is 4.79 Å². The van der Waals surface area contributed by atoms with E-state index in [0.717, 1.165) is 28.0 Å². The monoisotopic (exact) mass is 335 g/mol. The van der Waals surface area contributed by atoms with Crippen LogP contribution in [0.2, 0.25) is 0 Å². The van der Waals surface area contributed by atoms with Gasteiger partial charge < -0.3 is 14.6 Å². The number of fused-ring (bicyclic) bond motifs is 2. The van der Waals surface area contributed by atoms with Gasteiger partial charge in [-0.05, 0) is 30.2 Å². The number of imidazole rings is 1. The molecular weight excluding hydrogens is 314 g/mol. The number of aryl methyl sites for hydroxylation is 2. The second-order valence-corrected chi connectivity index (χ2v) is 6.54. The molecule has 25 heavy (non-hydrogen) atoms. The molecule has 2 heterocycles. The van der Waals surface area contributed by atoms with Crippen molar-refractivity contribution in [3.8, 4) is 0 Å². The van der Waals surface area contributed by atoms with E-state index in [1.54, 1.807) is 4.90 Å². The highest BCUT2D eigenvalue weighted by Crippen LogP contribution is 2.26. The smallest absolute Gasteiger partial charge is 0.224 e. The van der Waals surface area contributed by atoms with Gasteiger partial charge in [0.1, 0.15) is 5.82 Å². The quantitative estimate of drug-likeness (QED) is 0.801. The van der Waals surface area contributed by atoms with Crippen molar-refractivity contribution in [2.75, 3.05) is 6.54 Å². The molecule has 1 aromatic heterocycles. The average molecular weight is 335 g/mol. The lowest BCUT2D eigenvalue weighted by Gasteiger charge is -2.32. The summed E-state index contributed by atoms with van der Waals surface area (Å²) < 4.78 is 2.08. The van der Waals surface area contributed by atoms with Crippen LogP contribution in [0.5, 0.6) is 0 Å². The van der Waals surface area contributed by atoms with Crippen LogP contribution in [0.15, 0.2) is 48.5 Å². The maximum Gasteiger partial charge on any atom is 0.224 e. The van der Waals surface area contributed by atoms with Crippen LogP contribution in [0.3, 0.4) is 0 Å². The van der Waals surface area contributed by atoms with Crippen LogP contribution in [0.25, 0.3) is 11.0 Å². The fourth-order valence-corrected chi connectivity index (χ4v) is 3.61. The van der Waals surface area contributed by atoms with E-state index in [1.807, 2.05) is 55.5 Å². The third kappa shape index (κ3) is 2.91. The highest BCUT2D eigenvalue weighted by molar-refractivity contribution is 5.78. The van der Waals surface area contributed by atoms with Gasteiger partial charge in [-0.15, -0.1) is 0 Å². The van der Waals surface area contributed by atoms with E-state index in [9.17, 15) is 9.90 Å². The standard InChI is InChI=1S/C20H21N3O2/c1-14-21-17-8-4-5-9-18(17)23(14)11-10-20(25)22-12-15-6-2-3-7-16(15)19(24)13-22/h2-9,19,24H,10-13H2,1H3/t19-/m1/s1. The van der Waals surface area contributed by atoms with Gasteiger partial charge in [-0.1, -0.05) is 36.4 Å². The van der Waals surface area contributed by atoms with Gasteiger partial charge in [-0.2, -0.15) is 0 Å². The Morgan fingerprint density at radius 1 is 1.20 bits per heavy atom. The summed E-state index contributed by atoms with van der Waals surface area (Å²) in [6, 6.07) is 15.7. The third-order valence-corrected chi connectivity index (χ3v) is 4.92. The summed E-state index contributed by atoms with van der Waals surface area (Å²) in [5, 5.41) is 10.3. The van der Waals surface area contributed by atoms with Gasteiger partial charge >= 0.3 is 0 Å². The van der Waals surface area contributed by atoms with E-state index >= 15 is 0 Å². The van der Waals surface area contributed by atoms with Crippen molar-refractivity contribution >= 4 is 16.9 Å². The fraction of sp³-hybridized carbons (Fsp3) is 0.300. The lowest BCUT2D eigenvalue weighted by atomic mass is 9.97. The van der Waals surface area contributed by atoms with Crippen molar-refractivity contribution in [1.82, 2.24) is 14.5 Å². The Morgan fingerprint density at radius 2 is 1.96 bits per heavy atom. The number of amides is 1. The Kier molecular flexibility index (Phi) is 4.01. The Labute approximate surface area is 146 Å². The summed E-state index contributed by atoms with van der Waals surface area (Å²) in [7, 11) is 0. The van der Waals surface area contributed by atoms with Gasteiger partial charge in [-0.25, -0.2) is 4.98 Å². The normalized spacial score (nSPS) is 16.9. The highest BCUT2D eigenvalue weighted by atomic mass is 16.3. The minimum Gasteiger partial charge on any atom is -0.387 e. The number of nitrogens with zero attached hydrogens (tertiary/aromatic N) is 3. The molecule has 1 aliphatic rings. The molecule has 0 unspecified atom stereocenters. The van der Waals surface area contributed by atoms with Gasteiger partial charge in [0.05, 0.1) is 23.7 Å². The van der Waals surface area contributed by atoms with E-state index in [4.69, 9.17) is 0 Å². The first kappa shape index (κ1) is 15.8. The topological polar surface area (TPSA) is 58.4 Å². The zero-order chi connectivity index (χ0) is 17.4. The molecule has 1 amide bonds. The van der Waals surface area contributed by atoms with E-state index in [1.165, 1.54) is 0 Å². The molecule has 0 aliphatic carbocycles. The van der Waals surface area contributed by atoms with E-state index in [-0.39, 0.29) is 5.91 Å². The number of aliphatic hydroxyl groups is 1. The molecule has 2 aromatic carbocycles. The lowest BCUT2D eigenvalue weighted by molar-refractivity contribution is -0.134. The Balaban J connectivity index is 1.49. The maximum atomic E-state index is 12.7. The average Bonchev–Trinajstić information content (AvgIpc) is 2.95. The van der Waals surface area contributed by atoms with Gasteiger partial charge in [0.25, 0.3) is 0 Å². The molecule has 3 aromatic rings. The summed E-state index contributed by atoms with van der Waals surface area (Å²) in [5.74, 6) is 0.976. The first-order valence-corrected chi connectivity index (χ1v) is 8.59. The number of carbonyl (C=O) groups excluding carboxylic acids is 1. The maximum absolute atomic E-state index is 12.7. The van der Waals surface area contributed by atoms with Crippen LogP contribution in [-0.2, 0) is 17.9 Å². The number of β-amino-alcohol motifs (C(OH)–C–C–N with tert-alkyl or cyclic N) is 1. The molecule has 5 heteroatoms. The van der Waals surface area contributed by atoms with Crippen LogP contribution in [0.1, 0.15) is 29.5 Å². The minimum atomic E-state index is -0.607. The number of rotatable bonds is 3. The summed E-state index contributed by atoms with van der Waals surface area (Å²) in [4.78, 5) is 19.0. The Bertz CT molecular complexity index is 932. The second-order valence-electron chi connectivity index (χ2n) is 6.54. The van der Waals surface area contributed by atoms with Crippen LogP contribution in [0, 0.1) is 6.92 Å². The lowest BCUT2D eigenvalue weighted by Crippen LogP contribution is -2.38. The summed E-state index contributed by atoms with van der Waals surface area (Å²) in [5.41, 5.74) is 3.97. The van der Waals surface area contributed by atoms with Crippen LogP contribution >= 0.6 is 0 Å². The van der Waals surface area contributed by atoms with Crippen molar-refractivity contribution < 1.29 is 9.90 Å². The molecule has 0 fully saturated rings. The Morgan fingerprint density at radius 3 is 2.84 bits per heavy atom. The zero-order valence-electron chi connectivity index (χ0n) is 14.2. The molecule has 0 saturated heterocycles. The van der Waals surface area contributed by atoms with Crippen molar-refractivity contribution in [3.05, 3.63) is 65.5 Å². The highest BCUT2D eigenvalue weighted by Gasteiger charge is 2.26. The molecule has 1 aliphatic heterocycles. The number of benzene rings is 2. The number of para-hydroxylation sites is 2. The summed E-state index contributed by atoms with van der Waals surface area (Å²) in [6.45, 7) is 3.49. The summed E-state index contributed by atoms with van der Waals surface area (Å²) >= 11 is 0. The minimum absolute atomic E-state index is 0.0609. The SMILES string of the molecule is Cc1nc2ccccc2n1CCC(=O)N1Cc2ccccc2[C@H](O)C1. The predicted octanol–water partition coefficient (Wildman–Crippen LogP) is 2.81. The molecule has 4 rings (SSSR count). The molecule has 1 N–H and O–H groups in total. The fourth-order valence-electron chi connectivity index (χ4n) is 3.61. The van der Waals surface area contributed by atoms with E-state index in [2.05, 4.69) is 9.55 Å². The van der Waals surface area contributed by atoms with E-state index in [0.29, 0.717) is 26.1 Å². The van der Waals surface area contributed by atoms with Crippen molar-refractivity contribution in [2.45, 2.75) is 32.5 Å². The van der Waals surface area contributed by atoms with Gasteiger partial charge in [0.2, 0.25) is 5.91 Å². The van der Waals surface area contributed by atoms with Crippen LogP contribution in [-0.4, -0.2) is 32.0 Å². The summed E-state index contributed by atoms with van der Waals surface area (Å²) in [6.07, 6.45) is -0.208. The first-order valence-electron chi connectivity index (χ1n) is 8.59. The molecule has 1 atom stereocenters. The number of aliphatic hydroxyl groups excluding tert-OH is 1. The molecule has 0 radical (unpaired) electrons. The molecule has 5 nitrogen and oxygen atoms in total. The number of aromatic nitrogens is 2. The number of carbonyl (C=O) groups is 1. The second kappa shape index (κ2) is 6.33. The number of hydrogen-bond acceptors (Lipinski definition) is 3. The molecular formula is C20H21N3O2. The molecule has 128 valence electrons. The van der Waals surface area contributed by atoms with Crippen molar-refractivity contribution in [1.29, 1.82) is 0 Å². The molecule has 0 spiro atoms. The zero-order valence-corrected chi connectivity index (χ0v) is 14.2. The van der Waals surface area contributed by atoms with Gasteiger partial charge in [0, 0.05) is 19.5 Å². The van der Waals surface area contributed by atoms with Gasteiger partial charge in [0.15, 0.2) is 0 Å². The van der Waals surface area contributed by atoms with E-state index < -0.39 is 6.10 Å². The van der Waals surface area contributed by atoms with Crippen LogP contribution < -0.4 is 0 Å². The largest absolute Gasteiger partial charge is 0.387 e. The molecule has 0 saturated carbocycles. The van der Waals surface area contributed by atoms with Crippen molar-refractivity contribution in [3.63, 3.8) is 0 Å². The number of hydrogen-bond donors (Lipinski definition) is 1.